The van der Waals surface area contributed by atoms with Crippen molar-refractivity contribution in [3.8, 4) is 0 Å². The minimum absolute atomic E-state index is 0.0841. The number of carbonyl (C=O) groups is 1. The van der Waals surface area contributed by atoms with Crippen LogP contribution in [0.4, 0.5) is 11.5 Å². The Balaban J connectivity index is 1.94. The van der Waals surface area contributed by atoms with E-state index in [1.54, 1.807) is 4.52 Å². The summed E-state index contributed by atoms with van der Waals surface area (Å²) < 4.78 is 1.71. The lowest BCUT2D eigenvalue weighted by atomic mass is 10.1. The normalized spacial score (nSPS) is 16.1. The summed E-state index contributed by atoms with van der Waals surface area (Å²) in [6.45, 7) is 7.78. The van der Waals surface area contributed by atoms with Crippen LogP contribution in [-0.2, 0) is 4.79 Å². The fourth-order valence-electron chi connectivity index (χ4n) is 2.83. The van der Waals surface area contributed by atoms with Crippen molar-refractivity contribution in [3.05, 3.63) is 47.3 Å². The molecule has 0 radical (unpaired) electrons. The summed E-state index contributed by atoms with van der Waals surface area (Å²) in [6, 6.07) is 5.64. The van der Waals surface area contributed by atoms with Crippen LogP contribution in [0.1, 0.15) is 13.8 Å². The second-order valence-electron chi connectivity index (χ2n) is 6.06. The number of aliphatic imine (C=N–C) groups is 1. The quantitative estimate of drug-likeness (QED) is 0.712. The van der Waals surface area contributed by atoms with Crippen molar-refractivity contribution in [2.75, 3.05) is 31.5 Å². The molecule has 0 atom stereocenters. The lowest BCUT2D eigenvalue weighted by Gasteiger charge is -2.17. The topological polar surface area (TPSA) is 82.2 Å². The zero-order chi connectivity index (χ0) is 19.4. The number of halogens is 1. The maximum absolute atomic E-state index is 12.2. The molecule has 0 saturated carbocycles. The number of rotatable bonds is 7. The Morgan fingerprint density at radius 2 is 2.07 bits per heavy atom. The SMILES string of the molecule is CCN(CC)CCNc1nn2ccccc2c1N=C1C=C(Cl)C(O)=CC1=O. The van der Waals surface area contributed by atoms with Crippen LogP contribution in [0.5, 0.6) is 0 Å². The molecule has 2 heterocycles. The molecule has 2 N–H and O–H groups in total. The van der Waals surface area contributed by atoms with Crippen molar-refractivity contribution in [1.82, 2.24) is 14.5 Å². The molecule has 0 aromatic carbocycles. The van der Waals surface area contributed by atoms with E-state index in [4.69, 9.17) is 11.6 Å². The Morgan fingerprint density at radius 3 is 2.81 bits per heavy atom. The van der Waals surface area contributed by atoms with Gasteiger partial charge in [0, 0.05) is 25.4 Å². The van der Waals surface area contributed by atoms with E-state index < -0.39 is 5.78 Å². The molecule has 0 aliphatic heterocycles. The third-order valence-electron chi connectivity index (χ3n) is 4.39. The van der Waals surface area contributed by atoms with E-state index in [1.807, 2.05) is 24.4 Å². The van der Waals surface area contributed by atoms with E-state index in [0.29, 0.717) is 18.1 Å². The predicted molar refractivity (Wildman–Crippen MR) is 108 cm³/mol. The van der Waals surface area contributed by atoms with E-state index in [0.717, 1.165) is 31.2 Å². The van der Waals surface area contributed by atoms with Crippen LogP contribution >= 0.6 is 11.6 Å². The maximum Gasteiger partial charge on any atom is 0.207 e. The molecule has 0 spiro atoms. The minimum atomic E-state index is -0.402. The Morgan fingerprint density at radius 1 is 1.30 bits per heavy atom. The standard InChI is InChI=1S/C19H22ClN5O2/c1-3-24(4-2)10-8-21-19-18(15-7-5-6-9-25(15)23-19)22-14-11-13(20)16(26)12-17(14)27/h5-7,9,11-12,26H,3-4,8,10H2,1-2H3,(H,21,23). The smallest absolute Gasteiger partial charge is 0.207 e. The first kappa shape index (κ1) is 19.1. The second kappa shape index (κ2) is 8.37. The van der Waals surface area contributed by atoms with E-state index in [-0.39, 0.29) is 16.5 Å². The van der Waals surface area contributed by atoms with Crippen LogP contribution in [0.3, 0.4) is 0 Å². The molecular weight excluding hydrogens is 366 g/mol. The van der Waals surface area contributed by atoms with Gasteiger partial charge >= 0.3 is 0 Å². The van der Waals surface area contributed by atoms with Crippen molar-refractivity contribution in [1.29, 1.82) is 0 Å². The summed E-state index contributed by atoms with van der Waals surface area (Å²) >= 11 is 5.94. The molecule has 0 fully saturated rings. The van der Waals surface area contributed by atoms with Crippen LogP contribution in [-0.4, -0.2) is 57.3 Å². The van der Waals surface area contributed by atoms with E-state index in [2.05, 4.69) is 34.2 Å². The first-order chi connectivity index (χ1) is 13.0. The van der Waals surface area contributed by atoms with Gasteiger partial charge in [-0.3, -0.25) is 4.79 Å². The molecule has 2 aromatic heterocycles. The molecule has 142 valence electrons. The van der Waals surface area contributed by atoms with E-state index in [1.165, 1.54) is 6.08 Å². The van der Waals surface area contributed by atoms with Crippen molar-refractivity contribution in [2.45, 2.75) is 13.8 Å². The van der Waals surface area contributed by atoms with Crippen molar-refractivity contribution >= 4 is 40.1 Å². The number of allylic oxidation sites excluding steroid dienone is 3. The van der Waals surface area contributed by atoms with Crippen molar-refractivity contribution < 1.29 is 9.90 Å². The number of hydrogen-bond donors (Lipinski definition) is 2. The number of nitrogens with one attached hydrogen (secondary N) is 1. The summed E-state index contributed by atoms with van der Waals surface area (Å²) in [5.41, 5.74) is 1.49. The number of aliphatic hydroxyl groups excluding tert-OH is 1. The van der Waals surface area contributed by atoms with Crippen LogP contribution in [0.2, 0.25) is 0 Å². The number of aromatic nitrogens is 2. The zero-order valence-electron chi connectivity index (χ0n) is 15.3. The van der Waals surface area contributed by atoms with Gasteiger partial charge in [-0.25, -0.2) is 9.51 Å². The van der Waals surface area contributed by atoms with E-state index >= 15 is 0 Å². The van der Waals surface area contributed by atoms with Crippen LogP contribution in [0.25, 0.3) is 5.52 Å². The van der Waals surface area contributed by atoms with Gasteiger partial charge in [-0.05, 0) is 31.3 Å². The second-order valence-corrected chi connectivity index (χ2v) is 6.47. The Bertz CT molecular complexity index is 941. The lowest BCUT2D eigenvalue weighted by Crippen LogP contribution is -2.28. The highest BCUT2D eigenvalue weighted by Crippen LogP contribution is 2.31. The molecule has 0 unspecified atom stereocenters. The lowest BCUT2D eigenvalue weighted by molar-refractivity contribution is -0.109. The minimum Gasteiger partial charge on any atom is -0.506 e. The predicted octanol–water partition coefficient (Wildman–Crippen LogP) is 3.31. The van der Waals surface area contributed by atoms with Crippen LogP contribution in [0.15, 0.2) is 52.3 Å². The van der Waals surface area contributed by atoms with E-state index in [9.17, 15) is 9.90 Å². The maximum atomic E-state index is 12.2. The van der Waals surface area contributed by atoms with Gasteiger partial charge in [-0.2, -0.15) is 0 Å². The summed E-state index contributed by atoms with van der Waals surface area (Å²) in [6.07, 6.45) is 4.26. The van der Waals surface area contributed by atoms with Gasteiger partial charge in [0.25, 0.3) is 0 Å². The third kappa shape index (κ3) is 4.20. The monoisotopic (exact) mass is 387 g/mol. The van der Waals surface area contributed by atoms with Gasteiger partial charge < -0.3 is 15.3 Å². The summed E-state index contributed by atoms with van der Waals surface area (Å²) in [4.78, 5) is 19.0. The average molecular weight is 388 g/mol. The number of aliphatic hydroxyl groups is 1. The molecule has 3 rings (SSSR count). The average Bonchev–Trinajstić information content (AvgIpc) is 3.01. The fraction of sp³-hybridized carbons (Fsp3) is 0.316. The number of ketones is 1. The number of carbonyl (C=O) groups excluding carboxylic acids is 1. The van der Waals surface area contributed by atoms with Crippen molar-refractivity contribution in [3.63, 3.8) is 0 Å². The molecule has 8 heteroatoms. The Kier molecular flexibility index (Phi) is 5.93. The fourth-order valence-corrected chi connectivity index (χ4v) is 2.99. The van der Waals surface area contributed by atoms with Gasteiger partial charge in [-0.15, -0.1) is 5.10 Å². The van der Waals surface area contributed by atoms with Gasteiger partial charge in [0.2, 0.25) is 5.78 Å². The highest BCUT2D eigenvalue weighted by molar-refractivity contribution is 6.52. The summed E-state index contributed by atoms with van der Waals surface area (Å²) in [5, 5.41) is 17.5. The molecule has 0 bridgehead atoms. The molecular formula is C19H22ClN5O2. The highest BCUT2D eigenvalue weighted by Gasteiger charge is 2.19. The van der Waals surface area contributed by atoms with Crippen molar-refractivity contribution in [2.24, 2.45) is 4.99 Å². The number of anilines is 1. The Hall–Kier alpha value is -2.64. The summed E-state index contributed by atoms with van der Waals surface area (Å²) in [5.74, 6) is -0.0590. The largest absolute Gasteiger partial charge is 0.506 e. The van der Waals surface area contributed by atoms with Crippen LogP contribution in [0, 0.1) is 0 Å². The number of likely N-dealkylation sites (N-methyl/N-ethyl adjacent to an activating group) is 1. The van der Waals surface area contributed by atoms with Gasteiger partial charge in [0.15, 0.2) is 5.82 Å². The van der Waals surface area contributed by atoms with Gasteiger partial charge in [-0.1, -0.05) is 31.5 Å². The molecule has 7 nitrogen and oxygen atoms in total. The first-order valence-corrected chi connectivity index (χ1v) is 9.26. The highest BCUT2D eigenvalue weighted by atomic mass is 35.5. The number of hydrogen-bond acceptors (Lipinski definition) is 6. The molecule has 27 heavy (non-hydrogen) atoms. The molecule has 1 aliphatic rings. The zero-order valence-corrected chi connectivity index (χ0v) is 16.1. The molecule has 1 aliphatic carbocycles. The Labute approximate surface area is 162 Å². The van der Waals surface area contributed by atoms with Gasteiger partial charge in [0.1, 0.15) is 17.2 Å². The van der Waals surface area contributed by atoms with Gasteiger partial charge in [0.05, 0.1) is 10.5 Å². The number of fused-ring (bicyclic) bond motifs is 1. The molecule has 0 saturated heterocycles. The first-order valence-electron chi connectivity index (χ1n) is 8.88. The molecule has 0 amide bonds. The van der Waals surface area contributed by atoms with Crippen LogP contribution < -0.4 is 5.32 Å². The third-order valence-corrected chi connectivity index (χ3v) is 4.69. The number of pyridine rings is 1. The molecule has 2 aromatic rings. The summed E-state index contributed by atoms with van der Waals surface area (Å²) in [7, 11) is 0. The number of nitrogens with zero attached hydrogens (tertiary/aromatic N) is 4.